The van der Waals surface area contributed by atoms with Gasteiger partial charge >= 0.3 is 5.97 Å². The minimum absolute atomic E-state index is 0.0183. The van der Waals surface area contributed by atoms with Crippen LogP contribution >= 0.6 is 0 Å². The largest absolute Gasteiger partial charge is 0.481 e. The molecule has 1 saturated carbocycles. The lowest BCUT2D eigenvalue weighted by atomic mass is 9.71. The van der Waals surface area contributed by atoms with Crippen LogP contribution in [-0.2, 0) is 9.53 Å². The topological polar surface area (TPSA) is 91.2 Å². The summed E-state index contributed by atoms with van der Waals surface area (Å²) in [4.78, 5) is 30.6. The minimum Gasteiger partial charge on any atom is -0.481 e. The average Bonchev–Trinajstić information content (AvgIpc) is 3.32. The van der Waals surface area contributed by atoms with Gasteiger partial charge in [0, 0.05) is 18.2 Å². The number of aliphatic carboxylic acids is 1. The maximum Gasteiger partial charge on any atom is 0.305 e. The molecule has 7 nitrogen and oxygen atoms in total. The molecule has 2 unspecified atom stereocenters. The molecule has 4 rings (SSSR count). The Morgan fingerprint density at radius 1 is 1.05 bits per heavy atom. The van der Waals surface area contributed by atoms with E-state index in [-0.39, 0.29) is 31.0 Å². The van der Waals surface area contributed by atoms with Gasteiger partial charge in [0.25, 0.3) is 11.9 Å². The van der Waals surface area contributed by atoms with Gasteiger partial charge in [0.1, 0.15) is 6.61 Å². The highest BCUT2D eigenvalue weighted by molar-refractivity contribution is 5.94. The SMILES string of the molecule is CC(/N=C1\OCC(c2ccc(C(=O)NCCC(=O)O)cc2)N1C1CCC(C(C)(C)C)CC1)c1ccccc1. The summed E-state index contributed by atoms with van der Waals surface area (Å²) in [6.07, 6.45) is 4.48. The smallest absolute Gasteiger partial charge is 0.305 e. The van der Waals surface area contributed by atoms with E-state index in [1.54, 1.807) is 0 Å². The van der Waals surface area contributed by atoms with Gasteiger partial charge in [-0.1, -0.05) is 63.2 Å². The van der Waals surface area contributed by atoms with Crippen molar-refractivity contribution in [1.82, 2.24) is 10.2 Å². The first-order valence-electron chi connectivity index (χ1n) is 13.8. The molecule has 0 radical (unpaired) electrons. The fourth-order valence-corrected chi connectivity index (χ4v) is 5.65. The highest BCUT2D eigenvalue weighted by Gasteiger charge is 2.41. The average molecular weight is 520 g/mol. The zero-order valence-corrected chi connectivity index (χ0v) is 23.0. The van der Waals surface area contributed by atoms with Crippen LogP contribution in [0.25, 0.3) is 0 Å². The molecule has 2 aromatic rings. The van der Waals surface area contributed by atoms with E-state index in [0.717, 1.165) is 24.0 Å². The lowest BCUT2D eigenvalue weighted by Gasteiger charge is -2.41. The number of ether oxygens (including phenoxy) is 1. The molecule has 1 heterocycles. The Bertz CT molecular complexity index is 1120. The Morgan fingerprint density at radius 3 is 2.32 bits per heavy atom. The second-order valence-corrected chi connectivity index (χ2v) is 11.6. The van der Waals surface area contributed by atoms with Crippen molar-refractivity contribution in [2.75, 3.05) is 13.2 Å². The van der Waals surface area contributed by atoms with E-state index < -0.39 is 5.97 Å². The molecule has 204 valence electrons. The molecule has 0 aromatic heterocycles. The third kappa shape index (κ3) is 6.74. The number of amidine groups is 1. The number of carbonyl (C=O) groups excluding carboxylic acids is 1. The fourth-order valence-electron chi connectivity index (χ4n) is 5.65. The summed E-state index contributed by atoms with van der Waals surface area (Å²) in [7, 11) is 0. The Hall–Kier alpha value is -3.35. The van der Waals surface area contributed by atoms with Crippen LogP contribution in [0.4, 0.5) is 0 Å². The number of carboxylic acid groups (broad SMARTS) is 1. The van der Waals surface area contributed by atoms with Crippen LogP contribution in [0.15, 0.2) is 59.6 Å². The van der Waals surface area contributed by atoms with Gasteiger partial charge in [-0.25, -0.2) is 4.99 Å². The van der Waals surface area contributed by atoms with E-state index in [2.05, 4.69) is 50.0 Å². The van der Waals surface area contributed by atoms with Crippen LogP contribution in [0.3, 0.4) is 0 Å². The van der Waals surface area contributed by atoms with Crippen molar-refractivity contribution in [2.45, 2.75) is 77.9 Å². The van der Waals surface area contributed by atoms with Gasteiger partial charge < -0.3 is 20.1 Å². The van der Waals surface area contributed by atoms with Crippen molar-refractivity contribution in [3.63, 3.8) is 0 Å². The molecule has 0 spiro atoms. The number of rotatable bonds is 8. The van der Waals surface area contributed by atoms with Gasteiger partial charge in [0.15, 0.2) is 0 Å². The molecule has 1 aliphatic carbocycles. The van der Waals surface area contributed by atoms with E-state index in [1.165, 1.54) is 12.8 Å². The molecule has 2 aromatic carbocycles. The van der Waals surface area contributed by atoms with Crippen LogP contribution in [0, 0.1) is 11.3 Å². The summed E-state index contributed by atoms with van der Waals surface area (Å²) in [5.41, 5.74) is 3.07. The second kappa shape index (κ2) is 12.0. The number of nitrogens with zero attached hydrogens (tertiary/aromatic N) is 2. The monoisotopic (exact) mass is 519 g/mol. The van der Waals surface area contributed by atoms with Crippen LogP contribution in [0.1, 0.15) is 93.4 Å². The zero-order valence-electron chi connectivity index (χ0n) is 23.0. The van der Waals surface area contributed by atoms with Crippen molar-refractivity contribution in [3.8, 4) is 0 Å². The predicted octanol–water partition coefficient (Wildman–Crippen LogP) is 5.99. The van der Waals surface area contributed by atoms with Gasteiger partial charge in [-0.2, -0.15) is 0 Å². The van der Waals surface area contributed by atoms with Crippen molar-refractivity contribution in [3.05, 3.63) is 71.3 Å². The highest BCUT2D eigenvalue weighted by Crippen LogP contribution is 2.42. The molecule has 7 heteroatoms. The number of nitrogens with one attached hydrogen (secondary N) is 1. The second-order valence-electron chi connectivity index (χ2n) is 11.6. The Balaban J connectivity index is 1.54. The minimum atomic E-state index is -0.933. The molecular formula is C31H41N3O4. The molecule has 2 atom stereocenters. The number of carbonyl (C=O) groups is 2. The predicted molar refractivity (Wildman–Crippen MR) is 149 cm³/mol. The lowest BCUT2D eigenvalue weighted by molar-refractivity contribution is -0.136. The molecule has 38 heavy (non-hydrogen) atoms. The van der Waals surface area contributed by atoms with E-state index >= 15 is 0 Å². The van der Waals surface area contributed by atoms with Crippen LogP contribution in [-0.4, -0.2) is 47.1 Å². The van der Waals surface area contributed by atoms with Crippen molar-refractivity contribution in [1.29, 1.82) is 0 Å². The standard InChI is InChI=1S/C31H41N3O4/c1-21(22-8-6-5-7-9-22)33-30-34(26-16-14-25(15-17-26)31(2,3)4)27(20-38-30)23-10-12-24(13-11-23)29(37)32-19-18-28(35)36/h5-13,21,25-27H,14-20H2,1-4H3,(H,32,37)(H,35,36)/b33-30-. The molecule has 2 aliphatic rings. The molecular weight excluding hydrogens is 478 g/mol. The summed E-state index contributed by atoms with van der Waals surface area (Å²) in [5.74, 6) is -0.488. The van der Waals surface area contributed by atoms with Gasteiger partial charge in [-0.3, -0.25) is 9.59 Å². The quantitative estimate of drug-likeness (QED) is 0.447. The first kappa shape index (κ1) is 27.7. The summed E-state index contributed by atoms with van der Waals surface area (Å²) in [6.45, 7) is 9.75. The zero-order chi connectivity index (χ0) is 27.3. The number of hydrogen-bond donors (Lipinski definition) is 2. The fraction of sp³-hybridized carbons (Fsp3) is 0.516. The lowest BCUT2D eigenvalue weighted by Crippen LogP contribution is -2.42. The van der Waals surface area contributed by atoms with E-state index in [9.17, 15) is 9.59 Å². The van der Waals surface area contributed by atoms with E-state index in [0.29, 0.717) is 35.6 Å². The molecule has 2 fully saturated rings. The maximum atomic E-state index is 12.4. The number of carboxylic acids is 1. The van der Waals surface area contributed by atoms with Gasteiger partial charge in [0.05, 0.1) is 18.5 Å². The van der Waals surface area contributed by atoms with Crippen molar-refractivity contribution >= 4 is 17.9 Å². The third-order valence-electron chi connectivity index (χ3n) is 8.01. The number of hydrogen-bond acceptors (Lipinski definition) is 4. The summed E-state index contributed by atoms with van der Waals surface area (Å²) >= 11 is 0. The molecule has 0 bridgehead atoms. The van der Waals surface area contributed by atoms with Crippen molar-refractivity contribution < 1.29 is 19.4 Å². The number of amides is 1. The van der Waals surface area contributed by atoms with E-state index in [4.69, 9.17) is 14.8 Å². The molecule has 1 saturated heterocycles. The van der Waals surface area contributed by atoms with Crippen LogP contribution in [0.2, 0.25) is 0 Å². The van der Waals surface area contributed by atoms with Gasteiger partial charge in [-0.05, 0) is 67.2 Å². The third-order valence-corrected chi connectivity index (χ3v) is 8.01. The molecule has 1 amide bonds. The Morgan fingerprint density at radius 2 is 1.71 bits per heavy atom. The van der Waals surface area contributed by atoms with Gasteiger partial charge in [-0.15, -0.1) is 0 Å². The summed E-state index contributed by atoms with van der Waals surface area (Å²) in [5, 5.41) is 11.5. The van der Waals surface area contributed by atoms with Crippen molar-refractivity contribution in [2.24, 2.45) is 16.3 Å². The summed E-state index contributed by atoms with van der Waals surface area (Å²) < 4.78 is 6.27. The Labute approximate surface area is 226 Å². The Kier molecular flexibility index (Phi) is 8.75. The first-order chi connectivity index (χ1) is 18.1. The maximum absolute atomic E-state index is 12.4. The normalized spacial score (nSPS) is 23.6. The number of aliphatic imine (C=N–C) groups is 1. The first-order valence-corrected chi connectivity index (χ1v) is 13.8. The van der Waals surface area contributed by atoms with Gasteiger partial charge in [0.2, 0.25) is 0 Å². The van der Waals surface area contributed by atoms with Crippen LogP contribution in [0.5, 0.6) is 0 Å². The van der Waals surface area contributed by atoms with E-state index in [1.807, 2.05) is 42.5 Å². The number of benzene rings is 2. The molecule has 2 N–H and O–H groups in total. The highest BCUT2D eigenvalue weighted by atomic mass is 16.5. The molecule has 1 aliphatic heterocycles. The summed E-state index contributed by atoms with van der Waals surface area (Å²) in [6, 6.07) is 18.9. The van der Waals surface area contributed by atoms with Crippen LogP contribution < -0.4 is 5.32 Å².